The maximum Gasteiger partial charge on any atom is 0.319 e. The molecular formula is C16H16ClN5O2. The number of urea groups is 1. The molecule has 0 fully saturated rings. The zero-order chi connectivity index (χ0) is 16.9. The minimum absolute atomic E-state index is 0.305. The fourth-order valence-corrected chi connectivity index (χ4v) is 2.24. The van der Waals surface area contributed by atoms with E-state index in [9.17, 15) is 4.79 Å². The molecule has 0 bridgehead atoms. The van der Waals surface area contributed by atoms with Gasteiger partial charge < -0.3 is 15.1 Å². The average molecular weight is 346 g/mol. The second-order valence-corrected chi connectivity index (χ2v) is 5.59. The number of aryl methyl sites for hydroxylation is 1. The predicted octanol–water partition coefficient (Wildman–Crippen LogP) is 3.39. The Morgan fingerprint density at radius 1 is 1.38 bits per heavy atom. The van der Waals surface area contributed by atoms with Crippen molar-refractivity contribution in [3.05, 3.63) is 53.0 Å². The summed E-state index contributed by atoms with van der Waals surface area (Å²) in [6.07, 6.45) is 2.09. The maximum atomic E-state index is 11.9. The van der Waals surface area contributed by atoms with Crippen LogP contribution in [0.25, 0.3) is 11.6 Å². The number of H-pyrrole nitrogens is 1. The number of anilines is 1. The van der Waals surface area contributed by atoms with Crippen LogP contribution >= 0.6 is 11.6 Å². The Balaban J connectivity index is 1.47. The van der Waals surface area contributed by atoms with Gasteiger partial charge in [-0.25, -0.2) is 9.78 Å². The lowest BCUT2D eigenvalue weighted by Crippen LogP contribution is -2.30. The maximum absolute atomic E-state index is 11.9. The van der Waals surface area contributed by atoms with Crippen molar-refractivity contribution in [2.45, 2.75) is 13.3 Å². The summed E-state index contributed by atoms with van der Waals surface area (Å²) in [6, 6.07) is 8.61. The van der Waals surface area contributed by atoms with Gasteiger partial charge in [-0.2, -0.15) is 5.10 Å². The van der Waals surface area contributed by atoms with E-state index in [0.717, 1.165) is 5.56 Å². The zero-order valence-corrected chi connectivity index (χ0v) is 13.7. The topological polar surface area (TPSA) is 95.8 Å². The van der Waals surface area contributed by atoms with Crippen LogP contribution < -0.4 is 10.6 Å². The summed E-state index contributed by atoms with van der Waals surface area (Å²) in [7, 11) is 0. The lowest BCUT2D eigenvalue weighted by atomic mass is 10.2. The standard InChI is InChI=1S/C16H16ClN5O2/c1-10-4-5-11(9-12(10)17)19-16(23)18-7-6-14-20-15(22-21-14)13-3-2-8-24-13/h2-5,8-9H,6-7H2,1H3,(H2,18,19,23)(H,20,21,22). The molecular weight excluding hydrogens is 330 g/mol. The minimum Gasteiger partial charge on any atom is -0.461 e. The highest BCUT2D eigenvalue weighted by Crippen LogP contribution is 2.19. The first-order valence-corrected chi connectivity index (χ1v) is 7.76. The monoisotopic (exact) mass is 345 g/mol. The zero-order valence-electron chi connectivity index (χ0n) is 13.0. The molecule has 0 saturated carbocycles. The van der Waals surface area contributed by atoms with Gasteiger partial charge in [-0.15, -0.1) is 0 Å². The van der Waals surface area contributed by atoms with E-state index < -0.39 is 0 Å². The van der Waals surface area contributed by atoms with Crippen LogP contribution in [0.15, 0.2) is 41.0 Å². The number of hydrogen-bond donors (Lipinski definition) is 3. The third kappa shape index (κ3) is 3.94. The molecule has 2 amide bonds. The number of halogens is 1. The molecule has 0 saturated heterocycles. The van der Waals surface area contributed by atoms with E-state index in [4.69, 9.17) is 16.0 Å². The number of nitrogens with zero attached hydrogens (tertiary/aromatic N) is 2. The summed E-state index contributed by atoms with van der Waals surface area (Å²) in [6.45, 7) is 2.32. The Morgan fingerprint density at radius 3 is 3.00 bits per heavy atom. The van der Waals surface area contributed by atoms with Gasteiger partial charge in [0.05, 0.1) is 6.26 Å². The second-order valence-electron chi connectivity index (χ2n) is 5.18. The van der Waals surface area contributed by atoms with Gasteiger partial charge in [0.25, 0.3) is 0 Å². The molecule has 3 N–H and O–H groups in total. The van der Waals surface area contributed by atoms with Gasteiger partial charge in [0.2, 0.25) is 5.82 Å². The summed E-state index contributed by atoms with van der Waals surface area (Å²) < 4.78 is 5.22. The van der Waals surface area contributed by atoms with Gasteiger partial charge in [0.1, 0.15) is 5.82 Å². The molecule has 0 spiro atoms. The lowest BCUT2D eigenvalue weighted by molar-refractivity contribution is 0.252. The number of carbonyl (C=O) groups excluding carboxylic acids is 1. The predicted molar refractivity (Wildman–Crippen MR) is 91.0 cm³/mol. The fourth-order valence-electron chi connectivity index (χ4n) is 2.06. The third-order valence-corrected chi connectivity index (χ3v) is 3.76. The number of rotatable bonds is 5. The average Bonchev–Trinajstić information content (AvgIpc) is 3.22. The number of hydrogen-bond acceptors (Lipinski definition) is 4. The Hall–Kier alpha value is -2.80. The normalized spacial score (nSPS) is 10.6. The summed E-state index contributed by atoms with van der Waals surface area (Å²) >= 11 is 6.03. The van der Waals surface area contributed by atoms with Crippen molar-refractivity contribution in [2.75, 3.05) is 11.9 Å². The number of aromatic nitrogens is 3. The highest BCUT2D eigenvalue weighted by atomic mass is 35.5. The molecule has 7 nitrogen and oxygen atoms in total. The first kappa shape index (κ1) is 16.1. The summed E-state index contributed by atoms with van der Waals surface area (Å²) in [5.41, 5.74) is 1.60. The second kappa shape index (κ2) is 7.18. The van der Waals surface area contributed by atoms with Gasteiger partial charge in [-0.3, -0.25) is 5.10 Å². The fraction of sp³-hybridized carbons (Fsp3) is 0.188. The smallest absolute Gasteiger partial charge is 0.319 e. The molecule has 0 radical (unpaired) electrons. The molecule has 0 atom stereocenters. The summed E-state index contributed by atoms with van der Waals surface area (Å²) in [5.74, 6) is 1.76. The van der Waals surface area contributed by atoms with E-state index in [1.54, 1.807) is 30.5 Å². The Labute approximate surface area is 143 Å². The molecule has 0 unspecified atom stereocenters. The van der Waals surface area contributed by atoms with Crippen molar-refractivity contribution in [3.63, 3.8) is 0 Å². The minimum atomic E-state index is -0.305. The number of amides is 2. The van der Waals surface area contributed by atoms with Crippen LogP contribution in [-0.4, -0.2) is 27.8 Å². The van der Waals surface area contributed by atoms with E-state index in [2.05, 4.69) is 25.8 Å². The lowest BCUT2D eigenvalue weighted by Gasteiger charge is -2.08. The van der Waals surface area contributed by atoms with Crippen LogP contribution in [-0.2, 0) is 6.42 Å². The van der Waals surface area contributed by atoms with Crippen LogP contribution in [0.1, 0.15) is 11.4 Å². The molecule has 0 aliphatic rings. The van der Waals surface area contributed by atoms with E-state index in [0.29, 0.717) is 41.1 Å². The molecule has 3 aromatic rings. The van der Waals surface area contributed by atoms with Crippen molar-refractivity contribution >= 4 is 23.3 Å². The van der Waals surface area contributed by atoms with Crippen LogP contribution in [0.4, 0.5) is 10.5 Å². The molecule has 2 heterocycles. The van der Waals surface area contributed by atoms with Gasteiger partial charge in [0, 0.05) is 23.7 Å². The summed E-state index contributed by atoms with van der Waals surface area (Å²) in [4.78, 5) is 16.2. The largest absolute Gasteiger partial charge is 0.461 e. The number of nitrogens with one attached hydrogen (secondary N) is 3. The highest BCUT2D eigenvalue weighted by molar-refractivity contribution is 6.31. The van der Waals surface area contributed by atoms with E-state index in [-0.39, 0.29) is 6.03 Å². The SMILES string of the molecule is Cc1ccc(NC(=O)NCCc2nc(-c3ccco3)n[nH]2)cc1Cl. The molecule has 1 aromatic carbocycles. The van der Waals surface area contributed by atoms with E-state index in [1.165, 1.54) is 0 Å². The van der Waals surface area contributed by atoms with Crippen molar-refractivity contribution in [2.24, 2.45) is 0 Å². The van der Waals surface area contributed by atoms with Crippen molar-refractivity contribution in [3.8, 4) is 11.6 Å². The Morgan fingerprint density at radius 2 is 2.25 bits per heavy atom. The van der Waals surface area contributed by atoms with Crippen molar-refractivity contribution in [1.82, 2.24) is 20.5 Å². The summed E-state index contributed by atoms with van der Waals surface area (Å²) in [5, 5.41) is 13.0. The van der Waals surface area contributed by atoms with Gasteiger partial charge in [-0.05, 0) is 36.8 Å². The molecule has 8 heteroatoms. The highest BCUT2D eigenvalue weighted by Gasteiger charge is 2.09. The number of aromatic amines is 1. The van der Waals surface area contributed by atoms with E-state index in [1.807, 2.05) is 13.0 Å². The number of benzene rings is 1. The van der Waals surface area contributed by atoms with Crippen LogP contribution in [0.3, 0.4) is 0 Å². The molecule has 124 valence electrons. The molecule has 0 aliphatic carbocycles. The van der Waals surface area contributed by atoms with Crippen LogP contribution in [0, 0.1) is 6.92 Å². The number of carbonyl (C=O) groups is 1. The first-order valence-electron chi connectivity index (χ1n) is 7.38. The molecule has 0 aliphatic heterocycles. The van der Waals surface area contributed by atoms with Crippen LogP contribution in [0.2, 0.25) is 5.02 Å². The van der Waals surface area contributed by atoms with Gasteiger partial charge in [0.15, 0.2) is 5.76 Å². The molecule has 3 rings (SSSR count). The number of furan rings is 1. The third-order valence-electron chi connectivity index (χ3n) is 3.35. The van der Waals surface area contributed by atoms with Gasteiger partial charge >= 0.3 is 6.03 Å². The van der Waals surface area contributed by atoms with Gasteiger partial charge in [-0.1, -0.05) is 17.7 Å². The van der Waals surface area contributed by atoms with Crippen LogP contribution in [0.5, 0.6) is 0 Å². The Bertz CT molecular complexity index is 829. The van der Waals surface area contributed by atoms with Crippen molar-refractivity contribution < 1.29 is 9.21 Å². The Kier molecular flexibility index (Phi) is 4.81. The molecule has 24 heavy (non-hydrogen) atoms. The first-order chi connectivity index (χ1) is 11.6. The van der Waals surface area contributed by atoms with E-state index >= 15 is 0 Å². The quantitative estimate of drug-likeness (QED) is 0.660. The molecule has 2 aromatic heterocycles. The van der Waals surface area contributed by atoms with Crippen molar-refractivity contribution in [1.29, 1.82) is 0 Å².